The number of anilines is 1. The van der Waals surface area contributed by atoms with Crippen LogP contribution in [-0.4, -0.2) is 40.0 Å². The number of hydrogen-bond donors (Lipinski definition) is 1. The van der Waals surface area contributed by atoms with Crippen molar-refractivity contribution in [2.24, 2.45) is 0 Å². The van der Waals surface area contributed by atoms with E-state index in [1.54, 1.807) is 7.11 Å². The summed E-state index contributed by atoms with van der Waals surface area (Å²) < 4.78 is 13.6. The van der Waals surface area contributed by atoms with Crippen molar-refractivity contribution < 1.29 is 9.47 Å². The van der Waals surface area contributed by atoms with Gasteiger partial charge >= 0.3 is 0 Å². The van der Waals surface area contributed by atoms with Crippen molar-refractivity contribution in [1.82, 2.24) is 19.7 Å². The third kappa shape index (κ3) is 3.98. The Kier molecular flexibility index (Phi) is 6.25. The lowest BCUT2D eigenvalue weighted by Crippen LogP contribution is -2.09. The molecule has 166 valence electrons. The Balaban J connectivity index is 1.76. The average molecular weight is 432 g/mol. The smallest absolute Gasteiger partial charge is 0.158 e. The van der Waals surface area contributed by atoms with Crippen LogP contribution in [0.15, 0.2) is 42.6 Å². The number of aryl methyl sites for hydroxylation is 3. The molecular weight excluding hydrogens is 402 g/mol. The average Bonchev–Trinajstić information content (AvgIpc) is 3.07. The molecule has 0 amide bonds. The van der Waals surface area contributed by atoms with Crippen LogP contribution < -0.4 is 14.8 Å². The van der Waals surface area contributed by atoms with Gasteiger partial charge in [-0.25, -0.2) is 0 Å². The first kappa shape index (κ1) is 21.6. The van der Waals surface area contributed by atoms with Gasteiger partial charge in [0.25, 0.3) is 0 Å². The third-order valence-electron chi connectivity index (χ3n) is 5.65. The van der Waals surface area contributed by atoms with Crippen LogP contribution in [0.2, 0.25) is 0 Å². The first-order chi connectivity index (χ1) is 15.5. The van der Waals surface area contributed by atoms with Crippen molar-refractivity contribution in [1.29, 1.82) is 0 Å². The minimum atomic E-state index is 0.609. The summed E-state index contributed by atoms with van der Waals surface area (Å²) in [5.74, 6) is 2.33. The molecule has 0 aliphatic heterocycles. The number of hydrogen-bond acceptors (Lipinski definition) is 6. The SMILES string of the molecule is CCOc1ccc(-n2c(C)c3c(C)nnc(NCCc4ccccn4)c3c2C)c(OC)c1. The molecule has 7 nitrogen and oxygen atoms in total. The quantitative estimate of drug-likeness (QED) is 0.432. The van der Waals surface area contributed by atoms with E-state index in [0.29, 0.717) is 6.61 Å². The van der Waals surface area contributed by atoms with Gasteiger partial charge in [0.1, 0.15) is 11.5 Å². The lowest BCUT2D eigenvalue weighted by atomic mass is 10.1. The Hall–Kier alpha value is -3.61. The van der Waals surface area contributed by atoms with Crippen molar-refractivity contribution >= 4 is 16.6 Å². The van der Waals surface area contributed by atoms with Gasteiger partial charge in [-0.15, -0.1) is 5.10 Å². The first-order valence-corrected chi connectivity index (χ1v) is 10.8. The molecule has 0 unspecified atom stereocenters. The maximum absolute atomic E-state index is 5.71. The van der Waals surface area contributed by atoms with Crippen molar-refractivity contribution in [3.8, 4) is 17.2 Å². The Bertz CT molecular complexity index is 1230. The number of fused-ring (bicyclic) bond motifs is 1. The van der Waals surface area contributed by atoms with E-state index in [9.17, 15) is 0 Å². The molecule has 0 aliphatic carbocycles. The molecule has 1 N–H and O–H groups in total. The number of ether oxygens (including phenoxy) is 2. The maximum atomic E-state index is 5.71. The van der Waals surface area contributed by atoms with E-state index in [-0.39, 0.29) is 0 Å². The summed E-state index contributed by atoms with van der Waals surface area (Å²) in [4.78, 5) is 4.40. The summed E-state index contributed by atoms with van der Waals surface area (Å²) in [6, 6.07) is 11.9. The lowest BCUT2D eigenvalue weighted by molar-refractivity contribution is 0.336. The van der Waals surface area contributed by atoms with Gasteiger partial charge in [0.2, 0.25) is 0 Å². The monoisotopic (exact) mass is 431 g/mol. The van der Waals surface area contributed by atoms with E-state index in [1.807, 2.05) is 56.4 Å². The predicted octanol–water partition coefficient (Wildman–Crippen LogP) is 4.80. The molecule has 32 heavy (non-hydrogen) atoms. The zero-order valence-corrected chi connectivity index (χ0v) is 19.3. The lowest BCUT2D eigenvalue weighted by Gasteiger charge is -2.15. The minimum Gasteiger partial charge on any atom is -0.494 e. The molecule has 0 atom stereocenters. The highest BCUT2D eigenvalue weighted by Gasteiger charge is 2.21. The molecule has 0 fully saturated rings. The number of rotatable bonds is 8. The zero-order valence-electron chi connectivity index (χ0n) is 19.3. The van der Waals surface area contributed by atoms with Crippen LogP contribution in [0, 0.1) is 20.8 Å². The van der Waals surface area contributed by atoms with Crippen molar-refractivity contribution in [3.63, 3.8) is 0 Å². The van der Waals surface area contributed by atoms with Gasteiger partial charge in [0.05, 0.1) is 25.1 Å². The summed E-state index contributed by atoms with van der Waals surface area (Å²) in [5.41, 5.74) is 5.08. The van der Waals surface area contributed by atoms with Crippen molar-refractivity contribution in [3.05, 3.63) is 65.4 Å². The molecular formula is C25H29N5O2. The molecule has 0 bridgehead atoms. The Morgan fingerprint density at radius 2 is 1.81 bits per heavy atom. The third-order valence-corrected chi connectivity index (χ3v) is 5.65. The number of benzene rings is 1. The van der Waals surface area contributed by atoms with E-state index in [0.717, 1.165) is 69.5 Å². The van der Waals surface area contributed by atoms with Gasteiger partial charge in [-0.1, -0.05) is 6.07 Å². The van der Waals surface area contributed by atoms with Crippen molar-refractivity contribution in [2.75, 3.05) is 25.6 Å². The second kappa shape index (κ2) is 9.26. The molecule has 7 heteroatoms. The van der Waals surface area contributed by atoms with Crippen LogP contribution in [-0.2, 0) is 6.42 Å². The maximum Gasteiger partial charge on any atom is 0.158 e. The van der Waals surface area contributed by atoms with Gasteiger partial charge in [-0.05, 0) is 52.0 Å². The van der Waals surface area contributed by atoms with E-state index in [1.165, 1.54) is 0 Å². The van der Waals surface area contributed by atoms with Crippen LogP contribution in [0.1, 0.15) is 29.7 Å². The fraction of sp³-hybridized carbons (Fsp3) is 0.320. The standard InChI is InChI=1S/C25H29N5O2/c1-6-32-20-10-11-21(22(15-20)31-5)30-17(3)23-16(2)28-29-25(24(23)18(30)4)27-14-12-19-9-7-8-13-26-19/h7-11,13,15H,6,12,14H2,1-5H3,(H,27,29). The molecule has 0 saturated carbocycles. The largest absolute Gasteiger partial charge is 0.494 e. The van der Waals surface area contributed by atoms with Gasteiger partial charge < -0.3 is 19.4 Å². The van der Waals surface area contributed by atoms with Gasteiger partial charge in [0.15, 0.2) is 5.82 Å². The van der Waals surface area contributed by atoms with Crippen LogP contribution in [0.25, 0.3) is 16.5 Å². The van der Waals surface area contributed by atoms with Crippen molar-refractivity contribution in [2.45, 2.75) is 34.1 Å². The molecule has 0 radical (unpaired) electrons. The number of nitrogens with zero attached hydrogens (tertiary/aromatic N) is 4. The topological polar surface area (TPSA) is 74.1 Å². The highest BCUT2D eigenvalue weighted by atomic mass is 16.5. The fourth-order valence-electron chi connectivity index (χ4n) is 4.23. The molecule has 0 spiro atoms. The number of nitrogens with one attached hydrogen (secondary N) is 1. The molecule has 1 aromatic carbocycles. The zero-order chi connectivity index (χ0) is 22.7. The summed E-state index contributed by atoms with van der Waals surface area (Å²) in [6.45, 7) is 9.52. The summed E-state index contributed by atoms with van der Waals surface area (Å²) in [6.07, 6.45) is 2.63. The van der Waals surface area contributed by atoms with E-state index in [2.05, 4.69) is 38.9 Å². The fourth-order valence-corrected chi connectivity index (χ4v) is 4.23. The Morgan fingerprint density at radius 3 is 2.53 bits per heavy atom. The van der Waals surface area contributed by atoms with E-state index in [4.69, 9.17) is 9.47 Å². The van der Waals surface area contributed by atoms with Crippen LogP contribution in [0.5, 0.6) is 11.5 Å². The minimum absolute atomic E-state index is 0.609. The highest BCUT2D eigenvalue weighted by molar-refractivity contribution is 5.98. The molecule has 4 rings (SSSR count). The molecule has 0 saturated heterocycles. The van der Waals surface area contributed by atoms with Gasteiger partial charge in [-0.3, -0.25) is 4.98 Å². The predicted molar refractivity (Wildman–Crippen MR) is 127 cm³/mol. The van der Waals surface area contributed by atoms with E-state index >= 15 is 0 Å². The second-order valence-electron chi connectivity index (χ2n) is 7.65. The number of methoxy groups -OCH3 is 1. The molecule has 3 aromatic heterocycles. The van der Waals surface area contributed by atoms with Gasteiger partial charge in [-0.2, -0.15) is 5.10 Å². The van der Waals surface area contributed by atoms with Crippen LogP contribution in [0.4, 0.5) is 5.82 Å². The normalized spacial score (nSPS) is 11.0. The number of aromatic nitrogens is 4. The summed E-state index contributed by atoms with van der Waals surface area (Å²) in [5, 5.41) is 14.6. The van der Waals surface area contributed by atoms with Crippen LogP contribution >= 0.6 is 0 Å². The van der Waals surface area contributed by atoms with E-state index < -0.39 is 0 Å². The summed E-state index contributed by atoms with van der Waals surface area (Å²) >= 11 is 0. The Morgan fingerprint density at radius 1 is 1.00 bits per heavy atom. The number of pyridine rings is 1. The Labute approximate surface area is 188 Å². The molecule has 3 heterocycles. The summed E-state index contributed by atoms with van der Waals surface area (Å²) in [7, 11) is 1.68. The first-order valence-electron chi connectivity index (χ1n) is 10.8. The highest BCUT2D eigenvalue weighted by Crippen LogP contribution is 2.37. The molecule has 0 aliphatic rings. The molecule has 4 aromatic rings. The van der Waals surface area contributed by atoms with Gasteiger partial charge in [0, 0.05) is 53.1 Å². The second-order valence-corrected chi connectivity index (χ2v) is 7.65. The van der Waals surface area contributed by atoms with Crippen LogP contribution in [0.3, 0.4) is 0 Å².